The van der Waals surface area contributed by atoms with Crippen LogP contribution in [0.25, 0.3) is 0 Å². The number of nitrogens with one attached hydrogen (secondary N) is 1. The molecule has 2 N–H and O–H groups in total. The summed E-state index contributed by atoms with van der Waals surface area (Å²) in [6.45, 7) is 12.3. The van der Waals surface area contributed by atoms with Crippen molar-refractivity contribution in [3.8, 4) is 0 Å². The lowest BCUT2D eigenvalue weighted by molar-refractivity contribution is -0.0599. The normalized spacial score (nSPS) is 47.4. The summed E-state index contributed by atoms with van der Waals surface area (Å²) in [5.74, 6) is 4.50. The van der Waals surface area contributed by atoms with Gasteiger partial charge in [0.25, 0.3) is 0 Å². The van der Waals surface area contributed by atoms with Crippen LogP contribution < -0.4 is 5.43 Å². The van der Waals surface area contributed by atoms with Crippen LogP contribution in [0.2, 0.25) is 0 Å². The zero-order valence-corrected chi connectivity index (χ0v) is 21.0. The van der Waals surface area contributed by atoms with E-state index >= 15 is 0 Å². The highest BCUT2D eigenvalue weighted by atomic mass is 16.3. The Kier molecular flexibility index (Phi) is 6.40. The summed E-state index contributed by atoms with van der Waals surface area (Å²) < 4.78 is 0. The van der Waals surface area contributed by atoms with E-state index in [1.54, 1.807) is 0 Å². The lowest BCUT2D eigenvalue weighted by atomic mass is 9.53. The van der Waals surface area contributed by atoms with Gasteiger partial charge in [-0.15, -0.1) is 0 Å². The van der Waals surface area contributed by atoms with Crippen LogP contribution in [0.5, 0.6) is 0 Å². The third-order valence-electron chi connectivity index (χ3n) is 10.8. The number of hydrogen-bond acceptors (Lipinski definition) is 3. The van der Waals surface area contributed by atoms with E-state index in [4.69, 9.17) is 0 Å². The molecule has 0 radical (unpaired) electrons. The minimum absolute atomic E-state index is 0.0147. The van der Waals surface area contributed by atoms with E-state index in [9.17, 15) is 5.11 Å². The van der Waals surface area contributed by atoms with Crippen molar-refractivity contribution in [2.75, 3.05) is 7.05 Å². The van der Waals surface area contributed by atoms with Crippen LogP contribution in [0.4, 0.5) is 0 Å². The summed E-state index contributed by atoms with van der Waals surface area (Å²) in [4.78, 5) is 0. The van der Waals surface area contributed by atoms with E-state index in [2.05, 4.69) is 63.5 Å². The Hall–Kier alpha value is -0.830. The third kappa shape index (κ3) is 3.52. The zero-order valence-electron chi connectivity index (χ0n) is 21.0. The summed E-state index contributed by atoms with van der Waals surface area (Å²) in [6, 6.07) is 0. The molecule has 3 nitrogen and oxygen atoms in total. The Bertz CT molecular complexity index is 701. The fourth-order valence-corrected chi connectivity index (χ4v) is 9.14. The lowest BCUT2D eigenvalue weighted by Gasteiger charge is -2.51. The first-order valence-electron chi connectivity index (χ1n) is 13.3. The van der Waals surface area contributed by atoms with Crippen LogP contribution in [-0.2, 0) is 0 Å². The molecule has 0 bridgehead atoms. The molecule has 0 amide bonds. The summed E-state index contributed by atoms with van der Waals surface area (Å²) in [6.07, 6.45) is 18.2. The molecular formula is C28H48N2O. The molecule has 0 heterocycles. The quantitative estimate of drug-likeness (QED) is 0.279. The van der Waals surface area contributed by atoms with Gasteiger partial charge in [-0.1, -0.05) is 66.0 Å². The average Bonchev–Trinajstić information content (AvgIpc) is 3.16. The average molecular weight is 429 g/mol. The van der Waals surface area contributed by atoms with Crippen molar-refractivity contribution in [1.29, 1.82) is 0 Å². The minimum atomic E-state index is -0.743. The molecule has 0 spiro atoms. The summed E-state index contributed by atoms with van der Waals surface area (Å²) >= 11 is 0. The number of allylic oxidation sites excluding steroid dienone is 1. The van der Waals surface area contributed by atoms with Gasteiger partial charge in [0.1, 0.15) is 0 Å². The third-order valence-corrected chi connectivity index (χ3v) is 10.8. The van der Waals surface area contributed by atoms with Crippen molar-refractivity contribution in [3.05, 3.63) is 12.2 Å². The maximum atomic E-state index is 12.1. The summed E-state index contributed by atoms with van der Waals surface area (Å²) in [5.41, 5.74) is 2.65. The SMILES string of the molecule is CN/N=C/[C@@H]1[C@H]2C3CC[C@H]([C@H](C)CCCC(C)C)[C@@]3(C)CC[C@@H]2[C@@]2(C)CCC=C[C@@]12O. The predicted molar refractivity (Wildman–Crippen MR) is 131 cm³/mol. The number of aliphatic hydroxyl groups is 1. The molecule has 3 saturated carbocycles. The largest absolute Gasteiger partial charge is 0.385 e. The van der Waals surface area contributed by atoms with Crippen molar-refractivity contribution in [2.45, 2.75) is 98.0 Å². The Morgan fingerprint density at radius 3 is 2.58 bits per heavy atom. The fourth-order valence-electron chi connectivity index (χ4n) is 9.14. The highest BCUT2D eigenvalue weighted by Crippen LogP contribution is 2.72. The molecule has 31 heavy (non-hydrogen) atoms. The van der Waals surface area contributed by atoms with Crippen LogP contribution in [0.15, 0.2) is 17.3 Å². The maximum Gasteiger partial charge on any atom is 0.0964 e. The summed E-state index contributed by atoms with van der Waals surface area (Å²) in [7, 11) is 1.87. The second kappa shape index (κ2) is 8.50. The molecule has 1 unspecified atom stereocenters. The second-order valence-electron chi connectivity index (χ2n) is 12.5. The highest BCUT2D eigenvalue weighted by Gasteiger charge is 2.70. The van der Waals surface area contributed by atoms with Gasteiger partial charge in [-0.05, 0) is 79.4 Å². The summed E-state index contributed by atoms with van der Waals surface area (Å²) in [5, 5.41) is 16.6. The molecule has 9 atom stereocenters. The van der Waals surface area contributed by atoms with Crippen molar-refractivity contribution >= 4 is 6.21 Å². The van der Waals surface area contributed by atoms with E-state index in [-0.39, 0.29) is 11.3 Å². The Balaban J connectivity index is 1.62. The number of nitrogens with zero attached hydrogens (tertiary/aromatic N) is 1. The van der Waals surface area contributed by atoms with E-state index in [0.717, 1.165) is 36.5 Å². The molecule has 0 aromatic carbocycles. The van der Waals surface area contributed by atoms with E-state index in [1.165, 1.54) is 44.9 Å². The molecule has 4 aliphatic carbocycles. The highest BCUT2D eigenvalue weighted by molar-refractivity contribution is 5.66. The lowest BCUT2D eigenvalue weighted by Crippen LogP contribution is -2.49. The standard InChI is InChI=1S/C28H48N2O/c1-19(2)10-9-11-20(3)21-12-13-22-25-23(14-17-26(21,22)4)27(5)15-7-8-16-28(27,31)24(25)18-30-29-6/h8,16,18-25,29,31H,7,9-15,17H2,1-6H3/b30-18+/t20-,21-,22?,23+,24-,25+,26-,27-,28-/m1/s1. The number of rotatable bonds is 7. The Morgan fingerprint density at radius 2 is 1.87 bits per heavy atom. The van der Waals surface area contributed by atoms with E-state index in [0.29, 0.717) is 17.3 Å². The van der Waals surface area contributed by atoms with Crippen LogP contribution in [0.1, 0.15) is 92.4 Å². The van der Waals surface area contributed by atoms with Gasteiger partial charge in [-0.25, -0.2) is 0 Å². The Labute approximate surface area is 191 Å². The van der Waals surface area contributed by atoms with Gasteiger partial charge >= 0.3 is 0 Å². The van der Waals surface area contributed by atoms with Gasteiger partial charge in [0.15, 0.2) is 0 Å². The van der Waals surface area contributed by atoms with Crippen molar-refractivity contribution in [2.24, 2.45) is 57.4 Å². The van der Waals surface area contributed by atoms with Gasteiger partial charge in [-0.3, -0.25) is 0 Å². The molecular weight excluding hydrogens is 380 g/mol. The first-order chi connectivity index (χ1) is 14.7. The molecule has 3 fully saturated rings. The molecule has 0 aliphatic heterocycles. The fraction of sp³-hybridized carbons (Fsp3) is 0.893. The molecule has 0 aromatic rings. The van der Waals surface area contributed by atoms with Crippen LogP contribution in [0, 0.1) is 52.3 Å². The van der Waals surface area contributed by atoms with Gasteiger partial charge in [0.05, 0.1) is 5.60 Å². The van der Waals surface area contributed by atoms with Gasteiger partial charge in [-0.2, -0.15) is 5.10 Å². The first-order valence-corrected chi connectivity index (χ1v) is 13.3. The maximum absolute atomic E-state index is 12.1. The van der Waals surface area contributed by atoms with Gasteiger partial charge in [0, 0.05) is 24.6 Å². The molecule has 176 valence electrons. The molecule has 3 heteroatoms. The second-order valence-corrected chi connectivity index (χ2v) is 12.5. The van der Waals surface area contributed by atoms with Crippen molar-refractivity contribution in [1.82, 2.24) is 5.43 Å². The minimum Gasteiger partial charge on any atom is -0.385 e. The van der Waals surface area contributed by atoms with Crippen LogP contribution >= 0.6 is 0 Å². The van der Waals surface area contributed by atoms with E-state index in [1.807, 2.05) is 7.05 Å². The topological polar surface area (TPSA) is 44.6 Å². The Morgan fingerprint density at radius 1 is 1.10 bits per heavy atom. The van der Waals surface area contributed by atoms with Crippen molar-refractivity contribution in [3.63, 3.8) is 0 Å². The predicted octanol–water partition coefficient (Wildman–Crippen LogP) is 6.43. The smallest absolute Gasteiger partial charge is 0.0964 e. The van der Waals surface area contributed by atoms with Gasteiger partial charge in [0.2, 0.25) is 0 Å². The molecule has 4 rings (SSSR count). The van der Waals surface area contributed by atoms with E-state index < -0.39 is 5.60 Å². The van der Waals surface area contributed by atoms with Crippen LogP contribution in [0.3, 0.4) is 0 Å². The first kappa shape index (κ1) is 23.3. The number of hydrazone groups is 1. The zero-order chi connectivity index (χ0) is 22.4. The molecule has 0 saturated heterocycles. The van der Waals surface area contributed by atoms with Gasteiger partial charge < -0.3 is 10.5 Å². The van der Waals surface area contributed by atoms with Crippen LogP contribution in [-0.4, -0.2) is 24.0 Å². The molecule has 4 aliphatic rings. The monoisotopic (exact) mass is 428 g/mol. The number of fused-ring (bicyclic) bond motifs is 5. The number of hydrogen-bond donors (Lipinski definition) is 2. The van der Waals surface area contributed by atoms with Crippen molar-refractivity contribution < 1.29 is 5.11 Å². The molecule has 0 aromatic heterocycles.